The lowest BCUT2D eigenvalue weighted by molar-refractivity contribution is 0.300. The van der Waals surface area contributed by atoms with E-state index in [1.807, 2.05) is 18.2 Å². The second-order valence-corrected chi connectivity index (χ2v) is 5.31. The number of alkyl halides is 1. The van der Waals surface area contributed by atoms with E-state index in [4.69, 9.17) is 16.3 Å². The van der Waals surface area contributed by atoms with E-state index in [1.54, 1.807) is 0 Å². The second kappa shape index (κ2) is 4.66. The first-order chi connectivity index (χ1) is 8.74. The fourth-order valence-corrected chi connectivity index (χ4v) is 2.79. The third-order valence-corrected chi connectivity index (χ3v) is 3.69. The maximum absolute atomic E-state index is 6.24. The molecule has 2 aromatic carbocycles. The first-order valence-electron chi connectivity index (χ1n) is 6.18. The fourth-order valence-electron chi connectivity index (χ4n) is 2.38. The van der Waals surface area contributed by atoms with Crippen LogP contribution in [0.15, 0.2) is 42.5 Å². The highest BCUT2D eigenvalue weighted by Gasteiger charge is 2.28. The molecule has 92 valence electrons. The van der Waals surface area contributed by atoms with E-state index in [9.17, 15) is 0 Å². The Balaban J connectivity index is 1.81. The molecule has 0 aliphatic heterocycles. The van der Waals surface area contributed by atoms with Gasteiger partial charge in [-0.2, -0.15) is 0 Å². The molecule has 0 saturated carbocycles. The lowest BCUT2D eigenvalue weighted by Gasteiger charge is -2.28. The average molecular weight is 259 g/mol. The molecule has 3 rings (SSSR count). The van der Waals surface area contributed by atoms with Gasteiger partial charge in [0.2, 0.25) is 0 Å². The van der Waals surface area contributed by atoms with E-state index in [0.717, 1.165) is 12.2 Å². The molecule has 0 radical (unpaired) electrons. The van der Waals surface area contributed by atoms with Crippen LogP contribution in [0.25, 0.3) is 0 Å². The van der Waals surface area contributed by atoms with Gasteiger partial charge in [0.1, 0.15) is 12.4 Å². The molecule has 1 unspecified atom stereocenters. The number of hydrogen-bond acceptors (Lipinski definition) is 1. The van der Waals surface area contributed by atoms with Crippen molar-refractivity contribution < 1.29 is 4.74 Å². The summed E-state index contributed by atoms with van der Waals surface area (Å²) in [6.07, 6.45) is 0.959. The van der Waals surface area contributed by atoms with Crippen molar-refractivity contribution >= 4 is 11.6 Å². The van der Waals surface area contributed by atoms with E-state index >= 15 is 0 Å². The molecule has 0 amide bonds. The Kier molecular flexibility index (Phi) is 3.00. The normalized spacial score (nSPS) is 16.9. The Morgan fingerprint density at radius 3 is 2.72 bits per heavy atom. The van der Waals surface area contributed by atoms with Crippen LogP contribution in [0, 0.1) is 6.92 Å². The van der Waals surface area contributed by atoms with Crippen LogP contribution >= 0.6 is 11.6 Å². The topological polar surface area (TPSA) is 9.23 Å². The molecule has 1 aliphatic rings. The van der Waals surface area contributed by atoms with Crippen molar-refractivity contribution in [2.24, 2.45) is 0 Å². The predicted molar refractivity (Wildman–Crippen MR) is 74.3 cm³/mol. The standard InChI is InChI=1S/C16H15ClO/c1-11-7-13-9-14(17)16(13)15(8-11)18-10-12-5-3-2-4-6-12/h2-8,14H,9-10H2,1H3. The van der Waals surface area contributed by atoms with Gasteiger partial charge in [-0.05, 0) is 36.1 Å². The zero-order chi connectivity index (χ0) is 12.5. The average Bonchev–Trinajstić information content (AvgIpc) is 2.36. The highest BCUT2D eigenvalue weighted by molar-refractivity contribution is 6.22. The molecule has 1 atom stereocenters. The summed E-state index contributed by atoms with van der Waals surface area (Å²) in [6, 6.07) is 14.5. The van der Waals surface area contributed by atoms with Gasteiger partial charge in [0.15, 0.2) is 0 Å². The third kappa shape index (κ3) is 2.11. The van der Waals surface area contributed by atoms with Crippen molar-refractivity contribution in [3.05, 3.63) is 64.7 Å². The molecule has 1 aliphatic carbocycles. The SMILES string of the molecule is Cc1cc2c(c(OCc3ccccc3)c1)C(Cl)C2. The first kappa shape index (κ1) is 11.6. The van der Waals surface area contributed by atoms with E-state index in [-0.39, 0.29) is 5.38 Å². The lowest BCUT2D eigenvalue weighted by atomic mass is 9.86. The Labute approximate surface area is 112 Å². The number of hydrogen-bond donors (Lipinski definition) is 0. The number of rotatable bonds is 3. The fraction of sp³-hybridized carbons (Fsp3) is 0.250. The van der Waals surface area contributed by atoms with Crippen molar-refractivity contribution in [3.8, 4) is 5.75 Å². The van der Waals surface area contributed by atoms with Crippen LogP contribution in [0.4, 0.5) is 0 Å². The van der Waals surface area contributed by atoms with Crippen LogP contribution in [0.3, 0.4) is 0 Å². The largest absolute Gasteiger partial charge is 0.489 e. The monoisotopic (exact) mass is 258 g/mol. The zero-order valence-corrected chi connectivity index (χ0v) is 11.1. The molecule has 2 heteroatoms. The highest BCUT2D eigenvalue weighted by Crippen LogP contribution is 2.45. The summed E-state index contributed by atoms with van der Waals surface area (Å²) in [5.74, 6) is 0.945. The van der Waals surface area contributed by atoms with Gasteiger partial charge in [0, 0.05) is 5.56 Å². The van der Waals surface area contributed by atoms with Crippen molar-refractivity contribution in [1.82, 2.24) is 0 Å². The Morgan fingerprint density at radius 1 is 1.22 bits per heavy atom. The van der Waals surface area contributed by atoms with Crippen LogP contribution in [-0.2, 0) is 13.0 Å². The second-order valence-electron chi connectivity index (χ2n) is 4.78. The summed E-state index contributed by atoms with van der Waals surface area (Å²) >= 11 is 6.24. The summed E-state index contributed by atoms with van der Waals surface area (Å²) in [6.45, 7) is 2.69. The molecule has 18 heavy (non-hydrogen) atoms. The molecule has 0 spiro atoms. The van der Waals surface area contributed by atoms with Crippen LogP contribution < -0.4 is 4.74 Å². The molecule has 1 nitrogen and oxygen atoms in total. The third-order valence-electron chi connectivity index (χ3n) is 3.32. The summed E-state index contributed by atoms with van der Waals surface area (Å²) in [5.41, 5.74) is 4.93. The molecular formula is C16H15ClO. The van der Waals surface area contributed by atoms with Gasteiger partial charge in [0.25, 0.3) is 0 Å². The van der Waals surface area contributed by atoms with E-state index in [0.29, 0.717) is 6.61 Å². The Morgan fingerprint density at radius 2 is 2.00 bits per heavy atom. The molecular weight excluding hydrogens is 244 g/mol. The minimum Gasteiger partial charge on any atom is -0.489 e. The van der Waals surface area contributed by atoms with Gasteiger partial charge < -0.3 is 4.74 Å². The maximum Gasteiger partial charge on any atom is 0.125 e. The summed E-state index contributed by atoms with van der Waals surface area (Å²) in [4.78, 5) is 0. The van der Waals surface area contributed by atoms with Gasteiger partial charge >= 0.3 is 0 Å². The summed E-state index contributed by atoms with van der Waals surface area (Å²) < 4.78 is 5.92. The van der Waals surface area contributed by atoms with Crippen molar-refractivity contribution in [3.63, 3.8) is 0 Å². The van der Waals surface area contributed by atoms with Crippen LogP contribution in [0.1, 0.15) is 27.6 Å². The van der Waals surface area contributed by atoms with Crippen LogP contribution in [0.5, 0.6) is 5.75 Å². The van der Waals surface area contributed by atoms with Gasteiger partial charge in [0.05, 0.1) is 5.38 Å². The molecule has 0 N–H and O–H groups in total. The first-order valence-corrected chi connectivity index (χ1v) is 6.62. The van der Waals surface area contributed by atoms with Crippen molar-refractivity contribution in [1.29, 1.82) is 0 Å². The number of fused-ring (bicyclic) bond motifs is 1. The van der Waals surface area contributed by atoms with E-state index < -0.39 is 0 Å². The van der Waals surface area contributed by atoms with Crippen LogP contribution in [0.2, 0.25) is 0 Å². The van der Waals surface area contributed by atoms with E-state index in [2.05, 4.69) is 31.2 Å². The number of halogens is 1. The minimum atomic E-state index is 0.117. The quantitative estimate of drug-likeness (QED) is 0.741. The molecule has 0 bridgehead atoms. The predicted octanol–water partition coefficient (Wildman–Crippen LogP) is 4.41. The van der Waals surface area contributed by atoms with Gasteiger partial charge in [-0.1, -0.05) is 36.4 Å². The van der Waals surface area contributed by atoms with Gasteiger partial charge in [-0.3, -0.25) is 0 Å². The Bertz CT molecular complexity index is 563. The molecule has 0 fully saturated rings. The summed E-state index contributed by atoms with van der Waals surface area (Å²) in [5, 5.41) is 0.117. The highest BCUT2D eigenvalue weighted by atomic mass is 35.5. The lowest BCUT2D eigenvalue weighted by Crippen LogP contribution is -2.14. The maximum atomic E-state index is 6.24. The molecule has 0 heterocycles. The summed E-state index contributed by atoms with van der Waals surface area (Å²) in [7, 11) is 0. The smallest absolute Gasteiger partial charge is 0.125 e. The zero-order valence-electron chi connectivity index (χ0n) is 10.3. The number of ether oxygens (including phenoxy) is 1. The minimum absolute atomic E-state index is 0.117. The molecule has 2 aromatic rings. The van der Waals surface area contributed by atoms with E-state index in [1.165, 1.54) is 22.3 Å². The van der Waals surface area contributed by atoms with Crippen LogP contribution in [-0.4, -0.2) is 0 Å². The molecule has 0 aromatic heterocycles. The number of aryl methyl sites for hydroxylation is 1. The number of benzene rings is 2. The molecule has 0 saturated heterocycles. The van der Waals surface area contributed by atoms with Crippen molar-refractivity contribution in [2.75, 3.05) is 0 Å². The van der Waals surface area contributed by atoms with Gasteiger partial charge in [-0.25, -0.2) is 0 Å². The Hall–Kier alpha value is -1.47. The van der Waals surface area contributed by atoms with Gasteiger partial charge in [-0.15, -0.1) is 11.6 Å². The van der Waals surface area contributed by atoms with Crippen molar-refractivity contribution in [2.45, 2.75) is 25.3 Å².